The lowest BCUT2D eigenvalue weighted by Gasteiger charge is -2.07. The average molecular weight is 428 g/mol. The molecule has 0 aliphatic heterocycles. The summed E-state index contributed by atoms with van der Waals surface area (Å²) in [4.78, 5) is 14.3. The van der Waals surface area contributed by atoms with Crippen LogP contribution in [0.25, 0.3) is 11.3 Å². The van der Waals surface area contributed by atoms with E-state index in [4.69, 9.17) is 0 Å². The Kier molecular flexibility index (Phi) is 5.22. The highest BCUT2D eigenvalue weighted by Gasteiger charge is 2.30. The van der Waals surface area contributed by atoms with Gasteiger partial charge in [0.2, 0.25) is 0 Å². The molecule has 0 fully saturated rings. The van der Waals surface area contributed by atoms with Crippen molar-refractivity contribution in [3.8, 4) is 11.3 Å². The van der Waals surface area contributed by atoms with Crippen LogP contribution in [-0.2, 0) is 21.8 Å². The second kappa shape index (κ2) is 7.32. The summed E-state index contributed by atoms with van der Waals surface area (Å²) in [7, 11) is -3.89. The summed E-state index contributed by atoms with van der Waals surface area (Å²) in [6.45, 7) is 0. The first-order chi connectivity index (χ1) is 13.1. The zero-order chi connectivity index (χ0) is 20.5. The maximum Gasteiger partial charge on any atom is 0.416 e. The molecule has 0 saturated heterocycles. The summed E-state index contributed by atoms with van der Waals surface area (Å²) in [5.41, 5.74) is -0.215. The van der Waals surface area contributed by atoms with Gasteiger partial charge in [-0.3, -0.25) is 10.1 Å². The minimum Gasteiger partial charge on any atom is -0.258 e. The number of nitro groups is 1. The maximum atomic E-state index is 12.6. The summed E-state index contributed by atoms with van der Waals surface area (Å²) < 4.78 is 62.7. The Balaban J connectivity index is 1.82. The lowest BCUT2D eigenvalue weighted by atomic mass is 10.1. The molecule has 0 spiro atoms. The van der Waals surface area contributed by atoms with Crippen LogP contribution in [0.1, 0.15) is 10.6 Å². The van der Waals surface area contributed by atoms with Gasteiger partial charge >= 0.3 is 6.18 Å². The normalized spacial score (nSPS) is 12.1. The van der Waals surface area contributed by atoms with E-state index in [9.17, 15) is 31.7 Å². The third-order valence-electron chi connectivity index (χ3n) is 3.76. The Hall–Kier alpha value is -2.79. The van der Waals surface area contributed by atoms with Crippen LogP contribution in [0.5, 0.6) is 0 Å². The van der Waals surface area contributed by atoms with E-state index in [1.165, 1.54) is 18.2 Å². The van der Waals surface area contributed by atoms with E-state index < -0.39 is 32.3 Å². The fourth-order valence-electron chi connectivity index (χ4n) is 2.39. The molecular formula is C17H11F3N2O4S2. The van der Waals surface area contributed by atoms with Crippen LogP contribution < -0.4 is 0 Å². The number of thiazole rings is 1. The van der Waals surface area contributed by atoms with Crippen LogP contribution in [0.3, 0.4) is 0 Å². The highest BCUT2D eigenvalue weighted by Crippen LogP contribution is 2.31. The first kappa shape index (κ1) is 20.0. The molecule has 146 valence electrons. The van der Waals surface area contributed by atoms with Gasteiger partial charge < -0.3 is 0 Å². The molecule has 0 aliphatic carbocycles. The molecule has 28 heavy (non-hydrogen) atoms. The van der Waals surface area contributed by atoms with Crippen molar-refractivity contribution >= 4 is 26.9 Å². The van der Waals surface area contributed by atoms with Crippen molar-refractivity contribution in [2.24, 2.45) is 0 Å². The summed E-state index contributed by atoms with van der Waals surface area (Å²) in [6, 6.07) is 8.99. The Morgan fingerprint density at radius 3 is 2.39 bits per heavy atom. The third-order valence-corrected chi connectivity index (χ3v) is 6.43. The van der Waals surface area contributed by atoms with Crippen molar-refractivity contribution in [3.63, 3.8) is 0 Å². The Morgan fingerprint density at radius 2 is 1.79 bits per heavy atom. The molecule has 3 rings (SSSR count). The molecule has 0 radical (unpaired) electrons. The molecule has 3 aromatic rings. The molecule has 1 heterocycles. The lowest BCUT2D eigenvalue weighted by molar-refractivity contribution is -0.384. The number of aromatic nitrogens is 1. The van der Waals surface area contributed by atoms with Crippen LogP contribution in [0.4, 0.5) is 18.9 Å². The fourth-order valence-corrected chi connectivity index (χ4v) is 4.82. The molecule has 11 heteroatoms. The van der Waals surface area contributed by atoms with Gasteiger partial charge in [0, 0.05) is 23.1 Å². The molecule has 6 nitrogen and oxygen atoms in total. The largest absolute Gasteiger partial charge is 0.416 e. The fraction of sp³-hybridized carbons (Fsp3) is 0.118. The summed E-state index contributed by atoms with van der Waals surface area (Å²) in [5, 5.41) is 12.6. The van der Waals surface area contributed by atoms with Crippen LogP contribution in [0.15, 0.2) is 58.8 Å². The van der Waals surface area contributed by atoms with E-state index in [2.05, 4.69) is 4.98 Å². The number of benzene rings is 2. The van der Waals surface area contributed by atoms with E-state index in [0.29, 0.717) is 23.4 Å². The number of rotatable bonds is 5. The number of non-ortho nitro benzene ring substituents is 1. The second-order valence-corrected chi connectivity index (χ2v) is 8.65. The summed E-state index contributed by atoms with van der Waals surface area (Å²) in [6.07, 6.45) is -4.55. The number of sulfone groups is 1. The van der Waals surface area contributed by atoms with Crippen molar-refractivity contribution in [3.05, 3.63) is 74.6 Å². The molecular weight excluding hydrogens is 417 g/mol. The highest BCUT2D eigenvalue weighted by molar-refractivity contribution is 7.90. The third kappa shape index (κ3) is 4.37. The summed E-state index contributed by atoms with van der Waals surface area (Å²) in [5.74, 6) is -0.488. The first-order valence-electron chi connectivity index (χ1n) is 7.65. The molecule has 0 amide bonds. The molecule has 0 unspecified atom stereocenters. The van der Waals surface area contributed by atoms with Crippen molar-refractivity contribution in [1.29, 1.82) is 0 Å². The average Bonchev–Trinajstić information content (AvgIpc) is 3.09. The smallest absolute Gasteiger partial charge is 0.258 e. The zero-order valence-electron chi connectivity index (χ0n) is 13.9. The Labute approximate surface area is 161 Å². The van der Waals surface area contributed by atoms with Gasteiger partial charge in [-0.25, -0.2) is 13.4 Å². The number of halogens is 3. The van der Waals surface area contributed by atoms with E-state index in [1.807, 2.05) is 0 Å². The number of alkyl halides is 3. The minimum absolute atomic E-state index is 0.121. The number of hydrogen-bond acceptors (Lipinski definition) is 6. The van der Waals surface area contributed by atoms with Gasteiger partial charge in [0.15, 0.2) is 9.84 Å². The predicted octanol–water partition coefficient (Wildman–Crippen LogP) is 4.71. The quantitative estimate of drug-likeness (QED) is 0.434. The standard InChI is InChI=1S/C17H11F3N2O4S2/c18-17(19,20)12-4-6-14(7-5-12)28(25,26)10-16-21-15(9-27-16)11-2-1-3-13(8-11)22(23)24/h1-9H,10H2. The second-order valence-electron chi connectivity index (χ2n) is 5.72. The number of nitro benzene ring substituents is 1. The number of nitrogens with zero attached hydrogens (tertiary/aromatic N) is 2. The molecule has 1 aromatic heterocycles. The molecule has 2 aromatic carbocycles. The highest BCUT2D eigenvalue weighted by atomic mass is 32.2. The van der Waals surface area contributed by atoms with Crippen molar-refractivity contribution < 1.29 is 26.5 Å². The predicted molar refractivity (Wildman–Crippen MR) is 96.5 cm³/mol. The van der Waals surface area contributed by atoms with Crippen LogP contribution in [-0.4, -0.2) is 18.3 Å². The van der Waals surface area contributed by atoms with Crippen LogP contribution in [0.2, 0.25) is 0 Å². The van der Waals surface area contributed by atoms with Gasteiger partial charge in [-0.2, -0.15) is 13.2 Å². The SMILES string of the molecule is O=[N+]([O-])c1cccc(-c2csc(CS(=O)(=O)c3ccc(C(F)(F)F)cc3)n2)c1. The molecule has 0 N–H and O–H groups in total. The van der Waals surface area contributed by atoms with Crippen molar-refractivity contribution in [2.75, 3.05) is 0 Å². The first-order valence-corrected chi connectivity index (χ1v) is 10.2. The molecule has 0 atom stereocenters. The van der Waals surface area contributed by atoms with E-state index in [-0.39, 0.29) is 15.6 Å². The van der Waals surface area contributed by atoms with Gasteiger partial charge in [-0.05, 0) is 24.3 Å². The Morgan fingerprint density at radius 1 is 1.11 bits per heavy atom. The van der Waals surface area contributed by atoms with Crippen molar-refractivity contribution in [2.45, 2.75) is 16.8 Å². The molecule has 0 aliphatic rings. The van der Waals surface area contributed by atoms with Gasteiger partial charge in [0.1, 0.15) is 10.8 Å². The van der Waals surface area contributed by atoms with E-state index >= 15 is 0 Å². The van der Waals surface area contributed by atoms with Gasteiger partial charge in [0.25, 0.3) is 5.69 Å². The van der Waals surface area contributed by atoms with Crippen molar-refractivity contribution in [1.82, 2.24) is 4.98 Å². The van der Waals surface area contributed by atoms with Gasteiger partial charge in [-0.15, -0.1) is 11.3 Å². The Bertz CT molecular complexity index is 1120. The zero-order valence-corrected chi connectivity index (χ0v) is 15.5. The molecule has 0 bridgehead atoms. The van der Waals surface area contributed by atoms with Gasteiger partial charge in [0.05, 0.1) is 21.1 Å². The van der Waals surface area contributed by atoms with Gasteiger partial charge in [-0.1, -0.05) is 12.1 Å². The lowest BCUT2D eigenvalue weighted by Crippen LogP contribution is -2.08. The summed E-state index contributed by atoms with van der Waals surface area (Å²) >= 11 is 1.05. The van der Waals surface area contributed by atoms with E-state index in [0.717, 1.165) is 23.5 Å². The number of hydrogen-bond donors (Lipinski definition) is 0. The maximum absolute atomic E-state index is 12.6. The van der Waals surface area contributed by atoms with E-state index in [1.54, 1.807) is 11.4 Å². The topological polar surface area (TPSA) is 90.2 Å². The van der Waals surface area contributed by atoms with Crippen LogP contribution >= 0.6 is 11.3 Å². The molecule has 0 saturated carbocycles. The van der Waals surface area contributed by atoms with Crippen LogP contribution in [0, 0.1) is 10.1 Å². The monoisotopic (exact) mass is 428 g/mol. The minimum atomic E-state index is -4.55.